The maximum atomic E-state index is 13.5. The molecule has 180 valence electrons. The molecular formula is C27H26ClN3O3S. The van der Waals surface area contributed by atoms with Gasteiger partial charge in [0, 0.05) is 33.9 Å². The lowest BCUT2D eigenvalue weighted by Crippen LogP contribution is -2.43. The SMILES string of the molecule is O=c1cc(N(Cc2ccc3c(c2)OCO3)C2CCNCC2)c2cc(Cl)ccc2n1Cc1cccs1. The molecule has 6 nitrogen and oxygen atoms in total. The van der Waals surface area contributed by atoms with Gasteiger partial charge in [-0.25, -0.2) is 0 Å². The molecule has 1 saturated heterocycles. The largest absolute Gasteiger partial charge is 0.454 e. The van der Waals surface area contributed by atoms with E-state index in [4.69, 9.17) is 21.1 Å². The van der Waals surface area contributed by atoms with E-state index >= 15 is 0 Å². The van der Waals surface area contributed by atoms with Crippen molar-refractivity contribution in [3.05, 3.63) is 85.8 Å². The second-order valence-corrected chi connectivity index (χ2v) is 10.5. The van der Waals surface area contributed by atoms with Gasteiger partial charge < -0.3 is 24.3 Å². The Bertz CT molecular complexity index is 1410. The quantitative estimate of drug-likeness (QED) is 0.386. The Kier molecular flexibility index (Phi) is 6.14. The number of fused-ring (bicyclic) bond motifs is 2. The monoisotopic (exact) mass is 507 g/mol. The molecule has 1 fully saturated rings. The van der Waals surface area contributed by atoms with E-state index in [1.54, 1.807) is 17.4 Å². The summed E-state index contributed by atoms with van der Waals surface area (Å²) >= 11 is 8.15. The van der Waals surface area contributed by atoms with Gasteiger partial charge in [-0.15, -0.1) is 11.3 Å². The van der Waals surface area contributed by atoms with Crippen molar-refractivity contribution in [3.63, 3.8) is 0 Å². The average Bonchev–Trinajstić information content (AvgIpc) is 3.56. The van der Waals surface area contributed by atoms with Gasteiger partial charge in [0.25, 0.3) is 5.56 Å². The highest BCUT2D eigenvalue weighted by Crippen LogP contribution is 2.36. The van der Waals surface area contributed by atoms with Crippen molar-refractivity contribution in [1.82, 2.24) is 9.88 Å². The Hall–Kier alpha value is -3.00. The zero-order valence-electron chi connectivity index (χ0n) is 19.2. The number of aromatic nitrogens is 1. The summed E-state index contributed by atoms with van der Waals surface area (Å²) in [4.78, 5) is 17.0. The summed E-state index contributed by atoms with van der Waals surface area (Å²) in [5.74, 6) is 1.54. The molecule has 4 aromatic rings. The van der Waals surface area contributed by atoms with Crippen molar-refractivity contribution in [2.24, 2.45) is 0 Å². The molecule has 6 rings (SSSR count). The maximum absolute atomic E-state index is 13.5. The Balaban J connectivity index is 1.47. The fourth-order valence-electron chi connectivity index (χ4n) is 5.06. The van der Waals surface area contributed by atoms with Gasteiger partial charge in [-0.3, -0.25) is 4.79 Å². The molecule has 4 heterocycles. The van der Waals surface area contributed by atoms with Gasteiger partial charge in [0.2, 0.25) is 6.79 Å². The molecule has 0 bridgehead atoms. The number of thiophene rings is 1. The molecule has 0 atom stereocenters. The zero-order valence-corrected chi connectivity index (χ0v) is 20.8. The van der Waals surface area contributed by atoms with Crippen LogP contribution in [-0.4, -0.2) is 30.5 Å². The third-order valence-corrected chi connectivity index (χ3v) is 7.89. The smallest absolute Gasteiger partial charge is 0.253 e. The van der Waals surface area contributed by atoms with Crippen LogP contribution in [0.2, 0.25) is 5.02 Å². The van der Waals surface area contributed by atoms with E-state index in [0.717, 1.165) is 64.5 Å². The molecule has 2 aromatic heterocycles. The third kappa shape index (κ3) is 4.51. The van der Waals surface area contributed by atoms with Crippen LogP contribution in [0.5, 0.6) is 11.5 Å². The van der Waals surface area contributed by atoms with Crippen LogP contribution in [0.1, 0.15) is 23.3 Å². The van der Waals surface area contributed by atoms with Crippen molar-refractivity contribution in [2.45, 2.75) is 32.0 Å². The predicted molar refractivity (Wildman–Crippen MR) is 141 cm³/mol. The van der Waals surface area contributed by atoms with Crippen LogP contribution in [0.25, 0.3) is 10.9 Å². The van der Waals surface area contributed by atoms with Crippen LogP contribution in [0.4, 0.5) is 5.69 Å². The maximum Gasteiger partial charge on any atom is 0.253 e. The van der Waals surface area contributed by atoms with Gasteiger partial charge in [0.15, 0.2) is 11.5 Å². The minimum absolute atomic E-state index is 0.00663. The minimum Gasteiger partial charge on any atom is -0.454 e. The highest BCUT2D eigenvalue weighted by molar-refractivity contribution is 7.09. The van der Waals surface area contributed by atoms with E-state index in [1.165, 1.54) is 0 Å². The predicted octanol–water partition coefficient (Wildman–Crippen LogP) is 5.25. The number of ether oxygens (including phenoxy) is 2. The number of nitrogens with zero attached hydrogens (tertiary/aromatic N) is 2. The lowest BCUT2D eigenvalue weighted by molar-refractivity contribution is 0.174. The van der Waals surface area contributed by atoms with Gasteiger partial charge in [-0.2, -0.15) is 0 Å². The summed E-state index contributed by atoms with van der Waals surface area (Å²) < 4.78 is 13.0. The zero-order chi connectivity index (χ0) is 23.8. The van der Waals surface area contributed by atoms with Crippen molar-refractivity contribution < 1.29 is 9.47 Å². The molecule has 2 aliphatic rings. The Morgan fingerprint density at radius 3 is 2.74 bits per heavy atom. The van der Waals surface area contributed by atoms with E-state index < -0.39 is 0 Å². The van der Waals surface area contributed by atoms with E-state index in [9.17, 15) is 4.79 Å². The number of rotatable bonds is 6. The molecule has 35 heavy (non-hydrogen) atoms. The molecule has 0 saturated carbocycles. The Morgan fingerprint density at radius 2 is 1.91 bits per heavy atom. The van der Waals surface area contributed by atoms with Crippen LogP contribution in [0.15, 0.2) is 64.8 Å². The molecule has 1 N–H and O–H groups in total. The highest BCUT2D eigenvalue weighted by Gasteiger charge is 2.25. The number of benzene rings is 2. The number of pyridine rings is 1. The van der Waals surface area contributed by atoms with E-state index in [-0.39, 0.29) is 12.4 Å². The second-order valence-electron chi connectivity index (χ2n) is 8.99. The van der Waals surface area contributed by atoms with Crippen molar-refractivity contribution >= 4 is 39.5 Å². The molecule has 2 aromatic carbocycles. The fourth-order valence-corrected chi connectivity index (χ4v) is 5.93. The minimum atomic E-state index is -0.00663. The number of anilines is 1. The molecule has 8 heteroatoms. The van der Waals surface area contributed by atoms with Crippen LogP contribution in [0, 0.1) is 0 Å². The van der Waals surface area contributed by atoms with E-state index in [1.807, 2.05) is 46.3 Å². The number of hydrogen-bond acceptors (Lipinski definition) is 6. The normalized spacial score (nSPS) is 15.6. The van der Waals surface area contributed by atoms with Crippen molar-refractivity contribution in [1.29, 1.82) is 0 Å². The van der Waals surface area contributed by atoms with Crippen molar-refractivity contribution in [3.8, 4) is 11.5 Å². The van der Waals surface area contributed by atoms with Crippen LogP contribution in [0.3, 0.4) is 0 Å². The van der Waals surface area contributed by atoms with Gasteiger partial charge in [0.1, 0.15) is 0 Å². The molecule has 0 amide bonds. The topological polar surface area (TPSA) is 55.7 Å². The average molecular weight is 508 g/mol. The summed E-state index contributed by atoms with van der Waals surface area (Å²) in [7, 11) is 0. The van der Waals surface area contributed by atoms with Gasteiger partial charge >= 0.3 is 0 Å². The van der Waals surface area contributed by atoms with Gasteiger partial charge in [0.05, 0.1) is 17.7 Å². The van der Waals surface area contributed by atoms with E-state index in [2.05, 4.69) is 22.3 Å². The van der Waals surface area contributed by atoms with Gasteiger partial charge in [-0.05, 0) is 73.3 Å². The molecule has 0 radical (unpaired) electrons. The first kappa shape index (κ1) is 22.5. The molecule has 0 spiro atoms. The van der Waals surface area contributed by atoms with E-state index in [0.29, 0.717) is 24.2 Å². The first-order chi connectivity index (χ1) is 17.2. The Morgan fingerprint density at radius 1 is 1.06 bits per heavy atom. The summed E-state index contributed by atoms with van der Waals surface area (Å²) in [5, 5.41) is 7.16. The molecule has 2 aliphatic heterocycles. The Labute approximate surface area is 212 Å². The number of halogens is 1. The van der Waals surface area contributed by atoms with Gasteiger partial charge in [-0.1, -0.05) is 23.7 Å². The van der Waals surface area contributed by atoms with Crippen LogP contribution >= 0.6 is 22.9 Å². The lowest BCUT2D eigenvalue weighted by atomic mass is 10.0. The highest BCUT2D eigenvalue weighted by atomic mass is 35.5. The summed E-state index contributed by atoms with van der Waals surface area (Å²) in [6.07, 6.45) is 2.01. The summed E-state index contributed by atoms with van der Waals surface area (Å²) in [6.45, 7) is 3.37. The first-order valence-electron chi connectivity index (χ1n) is 11.9. The number of hydrogen-bond donors (Lipinski definition) is 1. The fraction of sp³-hybridized carbons (Fsp3) is 0.296. The summed E-state index contributed by atoms with van der Waals surface area (Å²) in [5.41, 5.74) is 2.94. The first-order valence-corrected chi connectivity index (χ1v) is 13.1. The molecule has 0 aliphatic carbocycles. The lowest BCUT2D eigenvalue weighted by Gasteiger charge is -2.37. The van der Waals surface area contributed by atoms with Crippen molar-refractivity contribution in [2.75, 3.05) is 24.8 Å². The standard InChI is InChI=1S/C27H26ClN3O3S/c28-19-4-5-23-22(13-19)24(14-27(32)31(23)16-21-2-1-11-35-21)30(20-7-9-29-10-8-20)15-18-3-6-25-26(12-18)34-17-33-25/h1-6,11-14,20,29H,7-10,15-17H2. The number of piperidine rings is 1. The van der Waals surface area contributed by atoms with Crippen LogP contribution in [-0.2, 0) is 13.1 Å². The van der Waals surface area contributed by atoms with Crippen LogP contribution < -0.4 is 25.2 Å². The third-order valence-electron chi connectivity index (χ3n) is 6.79. The number of nitrogens with one attached hydrogen (secondary N) is 1. The summed E-state index contributed by atoms with van der Waals surface area (Å²) in [6, 6.07) is 18.1. The molecular weight excluding hydrogens is 482 g/mol. The molecule has 0 unspecified atom stereocenters. The second kappa shape index (κ2) is 9.57.